The molecular formula is C18H15Cl2N5. The maximum Gasteiger partial charge on any atom is 0.251 e. The van der Waals surface area contributed by atoms with E-state index >= 15 is 0 Å². The van der Waals surface area contributed by atoms with Gasteiger partial charge < -0.3 is 10.2 Å². The van der Waals surface area contributed by atoms with Gasteiger partial charge in [0.15, 0.2) is 5.82 Å². The Morgan fingerprint density at radius 2 is 1.96 bits per heavy atom. The van der Waals surface area contributed by atoms with E-state index in [2.05, 4.69) is 43.6 Å². The zero-order valence-electron chi connectivity index (χ0n) is 13.3. The molecule has 0 aliphatic carbocycles. The molecule has 0 saturated carbocycles. The fourth-order valence-corrected chi connectivity index (χ4v) is 3.28. The first-order valence-electron chi connectivity index (χ1n) is 7.98. The van der Waals surface area contributed by atoms with Gasteiger partial charge in [-0.1, -0.05) is 41.4 Å². The molecule has 2 heterocycles. The smallest absolute Gasteiger partial charge is 0.251 e. The number of hydrogen-bond donors (Lipinski definition) is 1. The zero-order chi connectivity index (χ0) is 17.2. The van der Waals surface area contributed by atoms with Crippen LogP contribution in [0.5, 0.6) is 0 Å². The third kappa shape index (κ3) is 3.38. The fourth-order valence-electron chi connectivity index (χ4n) is 2.94. The van der Waals surface area contributed by atoms with Crippen molar-refractivity contribution >= 4 is 46.3 Å². The zero-order valence-corrected chi connectivity index (χ0v) is 14.8. The Bertz CT molecular complexity index is 915. The van der Waals surface area contributed by atoms with Crippen LogP contribution in [0, 0.1) is 0 Å². The highest BCUT2D eigenvalue weighted by molar-refractivity contribution is 6.35. The van der Waals surface area contributed by atoms with Crippen molar-refractivity contribution in [3.05, 3.63) is 64.3 Å². The molecular weight excluding hydrogens is 357 g/mol. The molecule has 0 spiro atoms. The van der Waals surface area contributed by atoms with Gasteiger partial charge in [-0.2, -0.15) is 10.1 Å². The van der Waals surface area contributed by atoms with Crippen LogP contribution in [0.3, 0.4) is 0 Å². The second kappa shape index (κ2) is 6.86. The van der Waals surface area contributed by atoms with Crippen LogP contribution in [0.15, 0.2) is 48.7 Å². The van der Waals surface area contributed by atoms with Gasteiger partial charge in [0, 0.05) is 17.3 Å². The van der Waals surface area contributed by atoms with Gasteiger partial charge in [0.1, 0.15) is 0 Å². The number of nitrogens with one attached hydrogen (secondary N) is 1. The summed E-state index contributed by atoms with van der Waals surface area (Å²) in [6.45, 7) is 0.861. The minimum atomic E-state index is 0.563. The van der Waals surface area contributed by atoms with E-state index in [1.54, 1.807) is 24.4 Å². The second-order valence-corrected chi connectivity index (χ2v) is 6.62. The van der Waals surface area contributed by atoms with Crippen molar-refractivity contribution in [2.45, 2.75) is 12.8 Å². The highest BCUT2D eigenvalue weighted by atomic mass is 35.5. The van der Waals surface area contributed by atoms with Crippen molar-refractivity contribution in [3.8, 4) is 0 Å². The van der Waals surface area contributed by atoms with Gasteiger partial charge in [-0.25, -0.2) is 0 Å². The number of para-hydroxylation sites is 1. The lowest BCUT2D eigenvalue weighted by Crippen LogP contribution is -2.26. The number of hydrogen-bond acceptors (Lipinski definition) is 5. The van der Waals surface area contributed by atoms with Crippen molar-refractivity contribution in [2.24, 2.45) is 0 Å². The largest absolute Gasteiger partial charge is 0.338 e. The number of anilines is 4. The van der Waals surface area contributed by atoms with Crippen LogP contribution in [0.2, 0.25) is 10.0 Å². The molecule has 0 radical (unpaired) electrons. The topological polar surface area (TPSA) is 53.9 Å². The van der Waals surface area contributed by atoms with Crippen LogP contribution >= 0.6 is 23.2 Å². The minimum absolute atomic E-state index is 0.563. The van der Waals surface area contributed by atoms with Gasteiger partial charge in [-0.05, 0) is 42.7 Å². The van der Waals surface area contributed by atoms with Crippen molar-refractivity contribution in [1.29, 1.82) is 0 Å². The Kier molecular flexibility index (Phi) is 4.42. The molecule has 0 fully saturated rings. The molecule has 0 atom stereocenters. The monoisotopic (exact) mass is 371 g/mol. The van der Waals surface area contributed by atoms with E-state index in [0.29, 0.717) is 27.5 Å². The Morgan fingerprint density at radius 3 is 2.88 bits per heavy atom. The Hall–Kier alpha value is -2.37. The van der Waals surface area contributed by atoms with Crippen LogP contribution in [-0.2, 0) is 6.42 Å². The molecule has 3 aromatic rings. The molecule has 0 saturated heterocycles. The average molecular weight is 372 g/mol. The molecule has 0 unspecified atom stereocenters. The van der Waals surface area contributed by atoms with Crippen LogP contribution < -0.4 is 10.2 Å². The minimum Gasteiger partial charge on any atom is -0.338 e. The number of aryl methyl sites for hydroxylation is 1. The first-order valence-corrected chi connectivity index (χ1v) is 8.73. The Morgan fingerprint density at radius 1 is 1.08 bits per heavy atom. The summed E-state index contributed by atoms with van der Waals surface area (Å²) in [5.74, 6) is 1.13. The fraction of sp³-hybridized carbons (Fsp3) is 0.167. The molecule has 1 aromatic heterocycles. The normalized spacial score (nSPS) is 13.4. The summed E-state index contributed by atoms with van der Waals surface area (Å²) < 4.78 is 0. The van der Waals surface area contributed by atoms with Crippen LogP contribution in [0.4, 0.5) is 23.1 Å². The molecule has 7 heteroatoms. The maximum atomic E-state index is 6.21. The maximum absolute atomic E-state index is 6.21. The summed E-state index contributed by atoms with van der Waals surface area (Å²) >= 11 is 12.2. The van der Waals surface area contributed by atoms with E-state index in [1.807, 2.05) is 6.07 Å². The van der Waals surface area contributed by atoms with Crippen molar-refractivity contribution < 1.29 is 0 Å². The highest BCUT2D eigenvalue weighted by Gasteiger charge is 2.20. The number of fused-ring (bicyclic) bond motifs is 1. The van der Waals surface area contributed by atoms with Crippen LogP contribution in [0.25, 0.3) is 0 Å². The summed E-state index contributed by atoms with van der Waals surface area (Å²) in [5, 5.41) is 12.6. The molecule has 5 nitrogen and oxygen atoms in total. The Labute approximate surface area is 155 Å². The lowest BCUT2D eigenvalue weighted by atomic mass is 10.0. The van der Waals surface area contributed by atoms with E-state index in [9.17, 15) is 0 Å². The lowest BCUT2D eigenvalue weighted by molar-refractivity contribution is 0.742. The third-order valence-corrected chi connectivity index (χ3v) is 4.66. The van der Waals surface area contributed by atoms with Crippen LogP contribution in [-0.4, -0.2) is 21.7 Å². The van der Waals surface area contributed by atoms with E-state index in [4.69, 9.17) is 23.2 Å². The van der Waals surface area contributed by atoms with Crippen molar-refractivity contribution in [2.75, 3.05) is 16.8 Å². The SMILES string of the molecule is Clc1ccc(Cl)c(Nc2cnnc(N3CCCc4ccccc43)n2)c1. The number of halogens is 2. The first kappa shape index (κ1) is 16.1. The standard InChI is InChI=1S/C18H15Cl2N5/c19-13-7-8-14(20)15(10-13)22-17-11-21-24-18(23-17)25-9-3-5-12-4-1-2-6-16(12)25/h1-2,4,6-8,10-11H,3,5,9H2,(H,22,23,24). The lowest BCUT2D eigenvalue weighted by Gasteiger charge is -2.29. The van der Waals surface area contributed by atoms with E-state index < -0.39 is 0 Å². The molecule has 0 bridgehead atoms. The molecule has 126 valence electrons. The highest BCUT2D eigenvalue weighted by Crippen LogP contribution is 2.32. The average Bonchev–Trinajstić information content (AvgIpc) is 2.64. The van der Waals surface area contributed by atoms with Crippen molar-refractivity contribution in [3.63, 3.8) is 0 Å². The predicted octanol–water partition coefficient (Wildman–Crippen LogP) is 5.01. The summed E-state index contributed by atoms with van der Waals surface area (Å²) in [6, 6.07) is 13.5. The van der Waals surface area contributed by atoms with Gasteiger partial charge in [-0.3, -0.25) is 0 Å². The summed E-state index contributed by atoms with van der Waals surface area (Å²) in [4.78, 5) is 6.69. The molecule has 1 N–H and O–H groups in total. The second-order valence-electron chi connectivity index (χ2n) is 5.77. The van der Waals surface area contributed by atoms with Gasteiger partial charge >= 0.3 is 0 Å². The number of nitrogens with zero attached hydrogens (tertiary/aromatic N) is 4. The molecule has 1 aliphatic rings. The van der Waals surface area contributed by atoms with Gasteiger partial charge in [0.05, 0.1) is 16.9 Å². The van der Waals surface area contributed by atoms with Crippen molar-refractivity contribution in [1.82, 2.24) is 15.2 Å². The third-order valence-electron chi connectivity index (χ3n) is 4.09. The molecule has 4 rings (SSSR count). The molecule has 2 aromatic carbocycles. The quantitative estimate of drug-likeness (QED) is 0.701. The van der Waals surface area contributed by atoms with E-state index in [1.165, 1.54) is 5.56 Å². The predicted molar refractivity (Wildman–Crippen MR) is 101 cm³/mol. The number of aromatic nitrogens is 3. The van der Waals surface area contributed by atoms with Gasteiger partial charge in [0.25, 0.3) is 5.95 Å². The molecule has 1 aliphatic heterocycles. The van der Waals surface area contributed by atoms with Crippen LogP contribution in [0.1, 0.15) is 12.0 Å². The summed E-state index contributed by atoms with van der Waals surface area (Å²) in [7, 11) is 0. The number of benzene rings is 2. The summed E-state index contributed by atoms with van der Waals surface area (Å²) in [6.07, 6.45) is 3.69. The summed E-state index contributed by atoms with van der Waals surface area (Å²) in [5.41, 5.74) is 3.11. The molecule has 0 amide bonds. The first-order chi connectivity index (χ1) is 12.2. The number of rotatable bonds is 3. The molecule has 25 heavy (non-hydrogen) atoms. The van der Waals surface area contributed by atoms with Gasteiger partial charge in [-0.15, -0.1) is 5.10 Å². The van der Waals surface area contributed by atoms with Gasteiger partial charge in [0.2, 0.25) is 0 Å². The van der Waals surface area contributed by atoms with E-state index in [-0.39, 0.29) is 0 Å². The van der Waals surface area contributed by atoms with E-state index in [0.717, 1.165) is 25.1 Å². The Balaban J connectivity index is 1.66.